The van der Waals surface area contributed by atoms with Crippen molar-refractivity contribution in [3.05, 3.63) is 41.1 Å². The summed E-state index contributed by atoms with van der Waals surface area (Å²) in [5.41, 5.74) is 2.60. The molecule has 0 amide bonds. The Morgan fingerprint density at radius 1 is 1.33 bits per heavy atom. The highest BCUT2D eigenvalue weighted by Gasteiger charge is 2.43. The molecule has 2 atom stereocenters. The van der Waals surface area contributed by atoms with Crippen molar-refractivity contribution in [2.24, 2.45) is 10.9 Å². The number of hydrogen-bond acceptors (Lipinski definition) is 5. The molecule has 1 aliphatic carbocycles. The van der Waals surface area contributed by atoms with E-state index in [4.69, 9.17) is 4.74 Å². The third-order valence-corrected chi connectivity index (χ3v) is 4.63. The average molecular weight is 327 g/mol. The Balaban J connectivity index is 2.16. The second kappa shape index (κ2) is 6.59. The fourth-order valence-corrected chi connectivity index (χ4v) is 3.67. The number of ether oxygens (including phenoxy) is 1. The molecule has 1 fully saturated rings. The lowest BCUT2D eigenvalue weighted by molar-refractivity contribution is -0.139. The lowest BCUT2D eigenvalue weighted by atomic mass is 9.69. The monoisotopic (exact) mass is 327 g/mol. The molecular weight excluding hydrogens is 306 g/mol. The molecule has 3 rings (SSSR count). The molecule has 5 heteroatoms. The second-order valence-electron chi connectivity index (χ2n) is 6.19. The summed E-state index contributed by atoms with van der Waals surface area (Å²) in [5.74, 6) is -1.12. The summed E-state index contributed by atoms with van der Waals surface area (Å²) >= 11 is 0. The van der Waals surface area contributed by atoms with E-state index in [0.717, 1.165) is 24.1 Å². The van der Waals surface area contributed by atoms with E-state index < -0.39 is 17.8 Å². The van der Waals surface area contributed by atoms with Crippen LogP contribution in [0.4, 0.5) is 0 Å². The topological polar surface area (TPSA) is 76.0 Å². The molecule has 2 unspecified atom stereocenters. The molecule has 1 N–H and O–H groups in total. The maximum atomic E-state index is 12.6. The molecule has 5 nitrogen and oxygen atoms in total. The highest BCUT2D eigenvalue weighted by atomic mass is 16.5. The van der Waals surface area contributed by atoms with Gasteiger partial charge in [-0.05, 0) is 44.4 Å². The van der Waals surface area contributed by atoms with Gasteiger partial charge in [0.05, 0.1) is 18.1 Å². The summed E-state index contributed by atoms with van der Waals surface area (Å²) in [7, 11) is 0. The molecule has 0 saturated heterocycles. The van der Waals surface area contributed by atoms with Gasteiger partial charge in [0, 0.05) is 23.7 Å². The Hall–Kier alpha value is -2.43. The molecule has 1 heterocycles. The van der Waals surface area contributed by atoms with Gasteiger partial charge < -0.3 is 9.84 Å². The van der Waals surface area contributed by atoms with Crippen molar-refractivity contribution in [2.75, 3.05) is 6.61 Å². The number of aromatic hydroxyl groups is 1. The van der Waals surface area contributed by atoms with Crippen LogP contribution >= 0.6 is 0 Å². The zero-order valence-corrected chi connectivity index (χ0v) is 13.9. The number of aliphatic imine (C=N–C) groups is 1. The predicted octanol–water partition coefficient (Wildman–Crippen LogP) is 3.14. The number of phenols is 1. The van der Waals surface area contributed by atoms with Crippen LogP contribution in [-0.4, -0.2) is 29.2 Å². The Morgan fingerprint density at radius 2 is 2.12 bits per heavy atom. The number of rotatable bonds is 3. The summed E-state index contributed by atoms with van der Waals surface area (Å²) in [5, 5.41) is 9.85. The standard InChI is InChI=1S/C19H21NO4/c1-3-24-19(23)16-11(2)20-14-8-5-9-15(22)18(14)17(16)12-6-4-7-13(21)10-12/h4,6-7,10,17-18,21H,3,5,8-9H2,1-2H3. The first kappa shape index (κ1) is 16.4. The highest BCUT2D eigenvalue weighted by Crippen LogP contribution is 2.43. The quantitative estimate of drug-likeness (QED) is 0.865. The molecule has 24 heavy (non-hydrogen) atoms. The molecule has 1 saturated carbocycles. The zero-order valence-electron chi connectivity index (χ0n) is 13.9. The summed E-state index contributed by atoms with van der Waals surface area (Å²) < 4.78 is 5.21. The number of carbonyl (C=O) groups is 2. The van der Waals surface area contributed by atoms with Crippen molar-refractivity contribution in [1.82, 2.24) is 0 Å². The van der Waals surface area contributed by atoms with Crippen molar-refractivity contribution in [3.63, 3.8) is 0 Å². The van der Waals surface area contributed by atoms with Crippen molar-refractivity contribution >= 4 is 17.5 Å². The molecule has 0 bridgehead atoms. The van der Waals surface area contributed by atoms with E-state index in [9.17, 15) is 14.7 Å². The predicted molar refractivity (Wildman–Crippen MR) is 90.0 cm³/mol. The first-order valence-electron chi connectivity index (χ1n) is 8.30. The van der Waals surface area contributed by atoms with Gasteiger partial charge in [0.15, 0.2) is 0 Å². The van der Waals surface area contributed by atoms with Gasteiger partial charge in [-0.25, -0.2) is 4.79 Å². The fourth-order valence-electron chi connectivity index (χ4n) is 3.67. The maximum absolute atomic E-state index is 12.6. The van der Waals surface area contributed by atoms with Crippen molar-refractivity contribution in [1.29, 1.82) is 0 Å². The summed E-state index contributed by atoms with van der Waals surface area (Å²) in [6, 6.07) is 6.75. The molecule has 1 aliphatic heterocycles. The number of hydrogen-bond donors (Lipinski definition) is 1. The van der Waals surface area contributed by atoms with Crippen LogP contribution in [0.25, 0.3) is 0 Å². The van der Waals surface area contributed by atoms with Crippen molar-refractivity contribution in [3.8, 4) is 5.75 Å². The minimum atomic E-state index is -0.448. The van der Waals surface area contributed by atoms with Gasteiger partial charge in [0.2, 0.25) is 0 Å². The van der Waals surface area contributed by atoms with Crippen LogP contribution in [0.15, 0.2) is 40.5 Å². The van der Waals surface area contributed by atoms with E-state index in [0.29, 0.717) is 17.7 Å². The number of allylic oxidation sites excluding steroid dienone is 1. The third-order valence-electron chi connectivity index (χ3n) is 4.63. The van der Waals surface area contributed by atoms with E-state index in [1.54, 1.807) is 32.0 Å². The zero-order chi connectivity index (χ0) is 17.3. The lowest BCUT2D eigenvalue weighted by Crippen LogP contribution is -2.39. The number of carbonyl (C=O) groups excluding carboxylic acids is 2. The van der Waals surface area contributed by atoms with E-state index in [2.05, 4.69) is 4.99 Å². The molecule has 1 aromatic carbocycles. The third kappa shape index (κ3) is 2.86. The molecule has 0 radical (unpaired) electrons. The van der Waals surface area contributed by atoms with Crippen LogP contribution in [0.1, 0.15) is 44.6 Å². The minimum absolute atomic E-state index is 0.0997. The maximum Gasteiger partial charge on any atom is 0.336 e. The van der Waals surface area contributed by atoms with Gasteiger partial charge in [-0.3, -0.25) is 9.79 Å². The molecule has 1 aromatic rings. The second-order valence-corrected chi connectivity index (χ2v) is 6.19. The molecule has 2 aliphatic rings. The minimum Gasteiger partial charge on any atom is -0.508 e. The molecule has 0 aromatic heterocycles. The number of esters is 1. The lowest BCUT2D eigenvalue weighted by Gasteiger charge is -2.35. The van der Waals surface area contributed by atoms with Gasteiger partial charge >= 0.3 is 5.97 Å². The summed E-state index contributed by atoms with van der Waals surface area (Å²) in [4.78, 5) is 29.7. The first-order chi connectivity index (χ1) is 11.5. The van der Waals surface area contributed by atoms with Gasteiger partial charge in [0.1, 0.15) is 11.5 Å². The SMILES string of the molecule is CCOC(=O)C1=C(C)N=C2CCCC(=O)C2C1c1cccc(O)c1. The number of ketones is 1. The van der Waals surface area contributed by atoms with E-state index in [-0.39, 0.29) is 18.1 Å². The number of nitrogens with zero attached hydrogens (tertiary/aromatic N) is 1. The van der Waals surface area contributed by atoms with E-state index >= 15 is 0 Å². The molecular formula is C19H21NO4. The highest BCUT2D eigenvalue weighted by molar-refractivity contribution is 6.11. The molecule has 0 spiro atoms. The first-order valence-corrected chi connectivity index (χ1v) is 8.30. The largest absolute Gasteiger partial charge is 0.508 e. The Labute approximate surface area is 141 Å². The number of Topliss-reactive ketones (excluding diaryl/α,β-unsaturated/α-hetero) is 1. The summed E-state index contributed by atoms with van der Waals surface area (Å²) in [6.07, 6.45) is 2.05. The van der Waals surface area contributed by atoms with Crippen LogP contribution in [0, 0.1) is 5.92 Å². The molecule has 126 valence electrons. The number of fused-ring (bicyclic) bond motifs is 1. The fraction of sp³-hybridized carbons (Fsp3) is 0.421. The van der Waals surface area contributed by atoms with Crippen LogP contribution in [0.5, 0.6) is 5.75 Å². The van der Waals surface area contributed by atoms with Gasteiger partial charge in [-0.15, -0.1) is 0 Å². The van der Waals surface area contributed by atoms with Crippen LogP contribution in [-0.2, 0) is 14.3 Å². The van der Waals surface area contributed by atoms with Crippen LogP contribution in [0.3, 0.4) is 0 Å². The van der Waals surface area contributed by atoms with Gasteiger partial charge in [-0.2, -0.15) is 0 Å². The van der Waals surface area contributed by atoms with Gasteiger partial charge in [0.25, 0.3) is 0 Å². The van der Waals surface area contributed by atoms with E-state index in [1.165, 1.54) is 0 Å². The van der Waals surface area contributed by atoms with Crippen molar-refractivity contribution < 1.29 is 19.4 Å². The smallest absolute Gasteiger partial charge is 0.336 e. The Morgan fingerprint density at radius 3 is 2.83 bits per heavy atom. The summed E-state index contributed by atoms with van der Waals surface area (Å²) in [6.45, 7) is 3.79. The average Bonchev–Trinajstić information content (AvgIpc) is 2.54. The van der Waals surface area contributed by atoms with E-state index in [1.807, 2.05) is 6.07 Å². The Bertz CT molecular complexity index is 747. The number of benzene rings is 1. The number of phenolic OH excluding ortho intramolecular Hbond substituents is 1. The van der Waals surface area contributed by atoms with Crippen LogP contribution < -0.4 is 0 Å². The normalized spacial score (nSPS) is 23.6. The van der Waals surface area contributed by atoms with Crippen molar-refractivity contribution in [2.45, 2.75) is 39.0 Å². The van der Waals surface area contributed by atoms with Crippen LogP contribution in [0.2, 0.25) is 0 Å². The Kier molecular flexibility index (Phi) is 4.51. The van der Waals surface area contributed by atoms with Gasteiger partial charge in [-0.1, -0.05) is 12.1 Å².